The van der Waals surface area contributed by atoms with E-state index in [0.717, 1.165) is 39.9 Å². The number of fused-ring (bicyclic) bond motifs is 2. The van der Waals surface area contributed by atoms with Crippen LogP contribution in [0.25, 0.3) is 17.0 Å². The van der Waals surface area contributed by atoms with E-state index in [1.54, 1.807) is 13.2 Å². The fourth-order valence-electron chi connectivity index (χ4n) is 4.28. The van der Waals surface area contributed by atoms with E-state index in [4.69, 9.17) is 14.9 Å². The Kier molecular flexibility index (Phi) is 6.96. The number of nitrogens with one attached hydrogen (secondary N) is 1. The molecule has 3 heterocycles. The quantitative estimate of drug-likeness (QED) is 0.302. The van der Waals surface area contributed by atoms with E-state index < -0.39 is 5.91 Å². The fourth-order valence-corrected chi connectivity index (χ4v) is 5.11. The minimum absolute atomic E-state index is 0.0399. The highest BCUT2D eigenvalue weighted by molar-refractivity contribution is 8.26. The van der Waals surface area contributed by atoms with Gasteiger partial charge in [-0.1, -0.05) is 37.3 Å². The van der Waals surface area contributed by atoms with E-state index in [0.29, 0.717) is 29.8 Å². The lowest BCUT2D eigenvalue weighted by Crippen LogP contribution is -2.35. The number of nitrogens with zero attached hydrogens (tertiary/aromatic N) is 4. The lowest BCUT2D eigenvalue weighted by molar-refractivity contribution is -0.114. The molecule has 0 saturated carbocycles. The molecule has 5 rings (SSSR count). The molecule has 0 radical (unpaired) electrons. The molecule has 2 aliphatic heterocycles. The third-order valence-corrected chi connectivity index (χ3v) is 7.17. The van der Waals surface area contributed by atoms with Gasteiger partial charge in [-0.25, -0.2) is 0 Å². The highest BCUT2D eigenvalue weighted by Crippen LogP contribution is 2.31. The number of benzene rings is 2. The number of aromatic nitrogens is 1. The van der Waals surface area contributed by atoms with Crippen LogP contribution in [0.15, 0.2) is 77.0 Å². The molecule has 3 aromatic rings. The maximum Gasteiger partial charge on any atom is 0.283 e. The van der Waals surface area contributed by atoms with E-state index in [-0.39, 0.29) is 11.4 Å². The number of carbonyl (C=O) groups excluding carboxylic acids is 1. The highest BCUT2D eigenvalue weighted by atomic mass is 32.2. The van der Waals surface area contributed by atoms with Crippen molar-refractivity contribution in [3.63, 3.8) is 0 Å². The van der Waals surface area contributed by atoms with Crippen molar-refractivity contribution in [2.75, 3.05) is 13.7 Å². The third-order valence-electron chi connectivity index (χ3n) is 6.12. The summed E-state index contributed by atoms with van der Waals surface area (Å²) in [6.07, 6.45) is 7.05. The molecule has 0 aliphatic carbocycles. The second-order valence-electron chi connectivity index (χ2n) is 8.49. The molecule has 0 saturated heterocycles. The third kappa shape index (κ3) is 4.82. The minimum Gasteiger partial charge on any atom is -0.493 e. The molecule has 0 bridgehead atoms. The Hall–Kier alpha value is -4.11. The summed E-state index contributed by atoms with van der Waals surface area (Å²) in [5.41, 5.74) is 3.17. The van der Waals surface area contributed by atoms with Crippen molar-refractivity contribution in [3.05, 3.63) is 78.0 Å². The normalized spacial score (nSPS) is 16.2. The number of hydrogen-bond donors (Lipinski definition) is 1. The molecule has 0 atom stereocenters. The first kappa shape index (κ1) is 24.6. The number of allylic oxidation sites excluding steroid dienone is 1. The van der Waals surface area contributed by atoms with Crippen molar-refractivity contribution in [1.82, 2.24) is 9.58 Å². The fraction of sp³-hybridized carbons (Fsp3) is 0.214. The summed E-state index contributed by atoms with van der Waals surface area (Å²) in [5, 5.41) is 16.7. The molecule has 1 N–H and O–H groups in total. The van der Waals surface area contributed by atoms with Crippen LogP contribution < -0.4 is 9.47 Å². The maximum absolute atomic E-state index is 12.8. The zero-order valence-corrected chi connectivity index (χ0v) is 21.5. The van der Waals surface area contributed by atoms with Crippen molar-refractivity contribution in [2.45, 2.75) is 26.3 Å². The number of carbonyl (C=O) groups is 1. The van der Waals surface area contributed by atoms with Crippen molar-refractivity contribution in [2.24, 2.45) is 10.1 Å². The predicted molar refractivity (Wildman–Crippen MR) is 150 cm³/mol. The summed E-state index contributed by atoms with van der Waals surface area (Å²) in [6.45, 7) is 6.78. The van der Waals surface area contributed by atoms with Crippen molar-refractivity contribution in [1.29, 1.82) is 5.41 Å². The van der Waals surface area contributed by atoms with E-state index in [2.05, 4.69) is 21.2 Å². The summed E-state index contributed by atoms with van der Waals surface area (Å²) >= 11 is 1.34. The molecule has 8 nitrogen and oxygen atoms in total. The molecule has 1 aromatic heterocycles. The number of amidine groups is 2. The largest absolute Gasteiger partial charge is 0.493 e. The predicted octanol–water partition coefficient (Wildman–Crippen LogP) is 5.49. The van der Waals surface area contributed by atoms with Gasteiger partial charge in [0.25, 0.3) is 5.91 Å². The molecule has 2 aromatic carbocycles. The Morgan fingerprint density at radius 1 is 1.19 bits per heavy atom. The van der Waals surface area contributed by atoms with Crippen molar-refractivity contribution in [3.8, 4) is 11.5 Å². The molecule has 9 heteroatoms. The number of amides is 1. The number of methoxy groups -OCH3 is 1. The van der Waals surface area contributed by atoms with Crippen molar-refractivity contribution >= 4 is 50.7 Å². The van der Waals surface area contributed by atoms with Crippen LogP contribution in [-0.4, -0.2) is 45.2 Å². The first-order valence-corrected chi connectivity index (χ1v) is 12.8. The van der Waals surface area contributed by atoms with Gasteiger partial charge in [0.05, 0.1) is 19.2 Å². The topological polar surface area (TPSA) is 92.3 Å². The monoisotopic (exact) mass is 513 g/mol. The number of aliphatic imine (C=N–C) groups is 1. The molecule has 0 unspecified atom stereocenters. The number of hydrazone groups is 1. The van der Waals surface area contributed by atoms with Gasteiger partial charge < -0.3 is 14.0 Å². The van der Waals surface area contributed by atoms with Gasteiger partial charge in [0.2, 0.25) is 5.17 Å². The van der Waals surface area contributed by atoms with Crippen LogP contribution in [0.1, 0.15) is 24.5 Å². The zero-order valence-electron chi connectivity index (χ0n) is 20.7. The number of hydrogen-bond acceptors (Lipinski definition) is 6. The molecule has 0 spiro atoms. The Morgan fingerprint density at radius 3 is 2.81 bits per heavy atom. The summed E-state index contributed by atoms with van der Waals surface area (Å²) < 4.78 is 13.7. The Balaban J connectivity index is 1.39. The SMILES string of the molecule is C=CCc1ccc(OCCn2cc(/C=C3/C(=N)N4N=C(CC)SC4=NC3=O)c3ccccc32)c(OC)c1. The van der Waals surface area contributed by atoms with Gasteiger partial charge in [-0.2, -0.15) is 15.1 Å². The van der Waals surface area contributed by atoms with Gasteiger partial charge >= 0.3 is 0 Å². The van der Waals surface area contributed by atoms with Gasteiger partial charge in [-0.05, 0) is 54.4 Å². The summed E-state index contributed by atoms with van der Waals surface area (Å²) in [5.74, 6) is 0.978. The van der Waals surface area contributed by atoms with Crippen LogP contribution in [0.4, 0.5) is 0 Å². The molecule has 1 amide bonds. The van der Waals surface area contributed by atoms with Crippen LogP contribution in [0.3, 0.4) is 0 Å². The number of ether oxygens (including phenoxy) is 2. The second-order valence-corrected chi connectivity index (χ2v) is 9.53. The van der Waals surface area contributed by atoms with Crippen LogP contribution in [0.5, 0.6) is 11.5 Å². The minimum atomic E-state index is -0.427. The van der Waals surface area contributed by atoms with E-state index in [1.807, 2.05) is 61.7 Å². The highest BCUT2D eigenvalue weighted by Gasteiger charge is 2.35. The lowest BCUT2D eigenvalue weighted by atomic mass is 10.1. The number of para-hydroxylation sites is 1. The second kappa shape index (κ2) is 10.5. The Bertz CT molecular complexity index is 1500. The van der Waals surface area contributed by atoms with Gasteiger partial charge in [-0.3, -0.25) is 10.2 Å². The summed E-state index contributed by atoms with van der Waals surface area (Å²) in [6, 6.07) is 13.9. The van der Waals surface area contributed by atoms with Gasteiger partial charge in [0.15, 0.2) is 17.3 Å². The molecule has 37 heavy (non-hydrogen) atoms. The van der Waals surface area contributed by atoms with Crippen molar-refractivity contribution < 1.29 is 14.3 Å². The van der Waals surface area contributed by atoms with Crippen LogP contribution in [-0.2, 0) is 17.8 Å². The first-order valence-electron chi connectivity index (χ1n) is 12.0. The molecular weight excluding hydrogens is 486 g/mol. The molecule has 188 valence electrons. The van der Waals surface area contributed by atoms with Gasteiger partial charge in [0.1, 0.15) is 11.7 Å². The molecule has 2 aliphatic rings. The lowest BCUT2D eigenvalue weighted by Gasteiger charge is -2.20. The van der Waals surface area contributed by atoms with E-state index >= 15 is 0 Å². The first-order chi connectivity index (χ1) is 18.0. The van der Waals surface area contributed by atoms with Crippen LogP contribution >= 0.6 is 11.8 Å². The maximum atomic E-state index is 12.8. The van der Waals surface area contributed by atoms with E-state index in [9.17, 15) is 4.79 Å². The smallest absolute Gasteiger partial charge is 0.283 e. The average Bonchev–Trinajstić information content (AvgIpc) is 3.49. The number of rotatable bonds is 9. The summed E-state index contributed by atoms with van der Waals surface area (Å²) in [7, 11) is 1.63. The van der Waals surface area contributed by atoms with Crippen LogP contribution in [0, 0.1) is 5.41 Å². The summed E-state index contributed by atoms with van der Waals surface area (Å²) in [4.78, 5) is 17.0. The Labute approximate surface area is 219 Å². The Morgan fingerprint density at radius 2 is 2.03 bits per heavy atom. The zero-order chi connectivity index (χ0) is 25.9. The van der Waals surface area contributed by atoms with E-state index in [1.165, 1.54) is 16.8 Å². The van der Waals surface area contributed by atoms with Gasteiger partial charge in [-0.15, -0.1) is 6.58 Å². The average molecular weight is 514 g/mol. The van der Waals surface area contributed by atoms with Gasteiger partial charge in [0, 0.05) is 22.7 Å². The standard InChI is InChI=1S/C28H27N5O3S/c1-4-8-18-11-12-23(24(15-18)35-3)36-14-13-32-17-19(20-9-6-7-10-22(20)32)16-21-26(29)33-28(30-27(21)34)37-25(5-2)31-33/h4,6-7,9-12,15-17,29H,1,5,8,13-14H2,2-3H3/b21-16-,29-26?. The van der Waals surface area contributed by atoms with Crippen LogP contribution in [0.2, 0.25) is 0 Å². The number of thioether (sulfide) groups is 1. The molecular formula is C28H27N5O3S. The molecule has 0 fully saturated rings.